The Labute approximate surface area is 209 Å². The summed E-state index contributed by atoms with van der Waals surface area (Å²) in [6.07, 6.45) is 1.98. The lowest BCUT2D eigenvalue weighted by molar-refractivity contribution is -0.141. The highest BCUT2D eigenvalue weighted by molar-refractivity contribution is 7.92. The number of hydrogen-bond donors (Lipinski definition) is 1. The van der Waals surface area contributed by atoms with Crippen LogP contribution < -0.4 is 14.4 Å². The smallest absolute Gasteiger partial charge is 0.243 e. The largest absolute Gasteiger partial charge is 0.495 e. The van der Waals surface area contributed by atoms with Crippen LogP contribution in [0, 0.1) is 0 Å². The van der Waals surface area contributed by atoms with Crippen LogP contribution in [0.3, 0.4) is 0 Å². The maximum absolute atomic E-state index is 13.4. The van der Waals surface area contributed by atoms with Crippen molar-refractivity contribution in [2.24, 2.45) is 0 Å². The van der Waals surface area contributed by atoms with Gasteiger partial charge in [0.25, 0.3) is 0 Å². The molecule has 0 radical (unpaired) electrons. The molecule has 2 rings (SSSR count). The molecule has 0 aromatic heterocycles. The van der Waals surface area contributed by atoms with Gasteiger partial charge in [-0.3, -0.25) is 13.9 Å². The first-order valence-electron chi connectivity index (χ1n) is 11.8. The van der Waals surface area contributed by atoms with Crippen LogP contribution in [0.4, 0.5) is 5.69 Å². The Kier molecular flexibility index (Phi) is 10.6. The van der Waals surface area contributed by atoms with Gasteiger partial charge in [0.2, 0.25) is 21.8 Å². The number of methoxy groups -OCH3 is 1. The highest BCUT2D eigenvalue weighted by atomic mass is 32.2. The van der Waals surface area contributed by atoms with Crippen molar-refractivity contribution in [3.63, 3.8) is 0 Å². The maximum Gasteiger partial charge on any atom is 0.243 e. The molecule has 2 amide bonds. The van der Waals surface area contributed by atoms with E-state index >= 15 is 0 Å². The summed E-state index contributed by atoms with van der Waals surface area (Å²) in [5, 5.41) is 2.91. The predicted octanol–water partition coefficient (Wildman–Crippen LogP) is 3.57. The van der Waals surface area contributed by atoms with E-state index in [2.05, 4.69) is 5.32 Å². The Morgan fingerprint density at radius 2 is 1.66 bits per heavy atom. The predicted molar refractivity (Wildman–Crippen MR) is 139 cm³/mol. The molecule has 8 nitrogen and oxygen atoms in total. The zero-order valence-corrected chi connectivity index (χ0v) is 22.0. The lowest BCUT2D eigenvalue weighted by Gasteiger charge is -2.31. The van der Waals surface area contributed by atoms with Crippen LogP contribution in [-0.2, 0) is 26.2 Å². The Morgan fingerprint density at radius 3 is 2.23 bits per heavy atom. The quantitative estimate of drug-likeness (QED) is 0.451. The number of benzene rings is 2. The average Bonchev–Trinajstić information content (AvgIpc) is 2.81. The van der Waals surface area contributed by atoms with E-state index in [1.165, 1.54) is 11.4 Å². The molecule has 0 aliphatic heterocycles. The molecule has 0 saturated heterocycles. The molecule has 0 saturated carbocycles. The highest BCUT2D eigenvalue weighted by Gasteiger charge is 2.29. The zero-order chi connectivity index (χ0) is 26.0. The fourth-order valence-electron chi connectivity index (χ4n) is 3.90. The summed E-state index contributed by atoms with van der Waals surface area (Å²) in [5.74, 6) is 0.0398. The second-order valence-electron chi connectivity index (χ2n) is 8.71. The summed E-state index contributed by atoms with van der Waals surface area (Å²) < 4.78 is 31.6. The van der Waals surface area contributed by atoms with Crippen molar-refractivity contribution in [1.82, 2.24) is 10.2 Å². The van der Waals surface area contributed by atoms with Gasteiger partial charge < -0.3 is 15.0 Å². The molecule has 0 aliphatic rings. The zero-order valence-electron chi connectivity index (χ0n) is 21.2. The molecule has 1 unspecified atom stereocenters. The highest BCUT2D eigenvalue weighted by Crippen LogP contribution is 2.29. The van der Waals surface area contributed by atoms with E-state index < -0.39 is 16.1 Å². The fraction of sp³-hybridized carbons (Fsp3) is 0.462. The van der Waals surface area contributed by atoms with Crippen LogP contribution in [0.5, 0.6) is 5.75 Å². The molecule has 0 spiro atoms. The van der Waals surface area contributed by atoms with E-state index in [0.29, 0.717) is 24.4 Å². The third-order valence-corrected chi connectivity index (χ3v) is 6.70. The number of anilines is 1. The third kappa shape index (κ3) is 8.28. The van der Waals surface area contributed by atoms with Gasteiger partial charge in [-0.2, -0.15) is 0 Å². The molecule has 35 heavy (non-hydrogen) atoms. The first-order valence-corrected chi connectivity index (χ1v) is 13.7. The molecule has 2 aromatic carbocycles. The van der Waals surface area contributed by atoms with Gasteiger partial charge in [0.05, 0.1) is 19.1 Å². The van der Waals surface area contributed by atoms with E-state index in [-0.39, 0.29) is 37.2 Å². The van der Waals surface area contributed by atoms with E-state index in [9.17, 15) is 18.0 Å². The van der Waals surface area contributed by atoms with Crippen LogP contribution in [0.1, 0.15) is 45.6 Å². The summed E-state index contributed by atoms with van der Waals surface area (Å²) in [7, 11) is -2.12. The summed E-state index contributed by atoms with van der Waals surface area (Å²) in [6.45, 7) is 6.05. The van der Waals surface area contributed by atoms with Crippen LogP contribution >= 0.6 is 0 Å². The number of rotatable bonds is 13. The summed E-state index contributed by atoms with van der Waals surface area (Å²) in [6, 6.07) is 15.7. The minimum Gasteiger partial charge on any atom is -0.495 e. The number of para-hydroxylation sites is 2. The second-order valence-corrected chi connectivity index (χ2v) is 10.6. The van der Waals surface area contributed by atoms with Gasteiger partial charge in [0, 0.05) is 25.6 Å². The first-order chi connectivity index (χ1) is 16.6. The molecule has 0 aliphatic carbocycles. The van der Waals surface area contributed by atoms with Crippen molar-refractivity contribution < 1.29 is 22.7 Å². The molecule has 1 N–H and O–H groups in total. The van der Waals surface area contributed by atoms with Gasteiger partial charge in [-0.15, -0.1) is 0 Å². The van der Waals surface area contributed by atoms with Gasteiger partial charge in [-0.1, -0.05) is 49.4 Å². The number of carbonyl (C=O) groups excluding carboxylic acids is 2. The molecule has 0 bridgehead atoms. The standard InChI is InChI=1S/C26H37N3O5S/c1-6-22(26(31)27-20(2)3)28(19-21-13-8-7-9-14-21)25(30)17-12-18-29(35(5,32)33)23-15-10-11-16-24(23)34-4/h7-11,13-16,20,22H,6,12,17-19H2,1-5H3,(H,27,31). The molecule has 192 valence electrons. The van der Waals surface area contributed by atoms with E-state index in [0.717, 1.165) is 11.8 Å². The minimum absolute atomic E-state index is 0.0469. The number of ether oxygens (including phenoxy) is 1. The van der Waals surface area contributed by atoms with Gasteiger partial charge in [0.1, 0.15) is 11.8 Å². The molecule has 9 heteroatoms. The number of hydrogen-bond acceptors (Lipinski definition) is 5. The topological polar surface area (TPSA) is 96.0 Å². The second kappa shape index (κ2) is 13.1. The van der Waals surface area contributed by atoms with Crippen molar-refractivity contribution in [1.29, 1.82) is 0 Å². The van der Waals surface area contributed by atoms with Crippen LogP contribution in [0.15, 0.2) is 54.6 Å². The number of nitrogens with zero attached hydrogens (tertiary/aromatic N) is 2. The molecular formula is C26H37N3O5S. The van der Waals surface area contributed by atoms with Crippen molar-refractivity contribution >= 4 is 27.5 Å². The summed E-state index contributed by atoms with van der Waals surface area (Å²) in [4.78, 5) is 27.9. The Hall–Kier alpha value is -3.07. The molecular weight excluding hydrogens is 466 g/mol. The normalized spacial score (nSPS) is 12.2. The lowest BCUT2D eigenvalue weighted by Crippen LogP contribution is -2.50. The number of sulfonamides is 1. The molecule has 0 fully saturated rings. The van der Waals surface area contributed by atoms with Gasteiger partial charge in [-0.25, -0.2) is 8.42 Å². The Bertz CT molecular complexity index is 1070. The van der Waals surface area contributed by atoms with Crippen molar-refractivity contribution in [2.75, 3.05) is 24.2 Å². The molecule has 2 aromatic rings. The van der Waals surface area contributed by atoms with Crippen molar-refractivity contribution in [3.05, 3.63) is 60.2 Å². The van der Waals surface area contributed by atoms with Crippen LogP contribution in [0.25, 0.3) is 0 Å². The first kappa shape index (κ1) is 28.2. The third-order valence-electron chi connectivity index (χ3n) is 5.52. The van der Waals surface area contributed by atoms with Gasteiger partial charge in [0.15, 0.2) is 0 Å². The summed E-state index contributed by atoms with van der Waals surface area (Å²) in [5.41, 5.74) is 1.34. The van der Waals surface area contributed by atoms with Crippen molar-refractivity contribution in [2.45, 2.75) is 58.7 Å². The van der Waals surface area contributed by atoms with Gasteiger partial charge >= 0.3 is 0 Å². The monoisotopic (exact) mass is 503 g/mol. The van der Waals surface area contributed by atoms with Crippen molar-refractivity contribution in [3.8, 4) is 5.75 Å². The van der Waals surface area contributed by atoms with Crippen LogP contribution in [-0.4, -0.2) is 57.1 Å². The average molecular weight is 504 g/mol. The lowest BCUT2D eigenvalue weighted by atomic mass is 10.1. The maximum atomic E-state index is 13.4. The Balaban J connectivity index is 2.22. The molecule has 0 heterocycles. The van der Waals surface area contributed by atoms with E-state index in [1.54, 1.807) is 29.2 Å². The summed E-state index contributed by atoms with van der Waals surface area (Å²) >= 11 is 0. The van der Waals surface area contributed by atoms with Crippen LogP contribution in [0.2, 0.25) is 0 Å². The van der Waals surface area contributed by atoms with E-state index in [4.69, 9.17) is 4.74 Å². The Morgan fingerprint density at radius 1 is 1.03 bits per heavy atom. The fourth-order valence-corrected chi connectivity index (χ4v) is 4.87. The minimum atomic E-state index is -3.60. The number of carbonyl (C=O) groups is 2. The SMILES string of the molecule is CCC(C(=O)NC(C)C)N(Cc1ccccc1)C(=O)CCCN(c1ccccc1OC)S(C)(=O)=O. The number of nitrogens with one attached hydrogen (secondary N) is 1. The van der Waals surface area contributed by atoms with Gasteiger partial charge in [-0.05, 0) is 44.4 Å². The van der Waals surface area contributed by atoms with E-state index in [1.807, 2.05) is 51.1 Å². The molecule has 1 atom stereocenters. The number of amides is 2.